The SMILES string of the molecule is COc1ccc(CNC(=O)Nc2nc(-c3ccc(C)c(C)c3)cs2)cc1. The molecule has 0 saturated carbocycles. The molecule has 0 fully saturated rings. The standard InChI is InChI=1S/C20H21N3O2S/c1-13-4-7-16(10-14(13)2)18-12-26-20(22-18)23-19(24)21-11-15-5-8-17(25-3)9-6-15/h4-10,12H,11H2,1-3H3,(H2,21,22,23,24). The van der Waals surface area contributed by atoms with Crippen LogP contribution in [0.2, 0.25) is 0 Å². The van der Waals surface area contributed by atoms with Gasteiger partial charge in [-0.2, -0.15) is 0 Å². The van der Waals surface area contributed by atoms with Crippen LogP contribution >= 0.6 is 11.3 Å². The van der Waals surface area contributed by atoms with Crippen LogP contribution in [-0.2, 0) is 6.54 Å². The van der Waals surface area contributed by atoms with Gasteiger partial charge in [-0.25, -0.2) is 9.78 Å². The molecule has 2 aromatic carbocycles. The first-order valence-electron chi connectivity index (χ1n) is 8.26. The second-order valence-corrected chi connectivity index (χ2v) is 6.85. The molecule has 26 heavy (non-hydrogen) atoms. The van der Waals surface area contributed by atoms with Crippen LogP contribution in [0.1, 0.15) is 16.7 Å². The number of amides is 2. The molecule has 1 aromatic heterocycles. The first kappa shape index (κ1) is 17.9. The fraction of sp³-hybridized carbons (Fsp3) is 0.200. The summed E-state index contributed by atoms with van der Waals surface area (Å²) in [5.74, 6) is 0.792. The summed E-state index contributed by atoms with van der Waals surface area (Å²) in [6.45, 7) is 4.60. The second-order valence-electron chi connectivity index (χ2n) is 5.99. The zero-order chi connectivity index (χ0) is 18.5. The summed E-state index contributed by atoms with van der Waals surface area (Å²) < 4.78 is 5.12. The van der Waals surface area contributed by atoms with Gasteiger partial charge in [0, 0.05) is 17.5 Å². The van der Waals surface area contributed by atoms with Crippen LogP contribution in [0.25, 0.3) is 11.3 Å². The molecule has 0 aliphatic heterocycles. The summed E-state index contributed by atoms with van der Waals surface area (Å²) in [5, 5.41) is 8.13. The molecule has 0 aliphatic rings. The third-order valence-corrected chi connectivity index (χ3v) is 4.90. The van der Waals surface area contributed by atoms with E-state index in [0.717, 1.165) is 22.6 Å². The maximum Gasteiger partial charge on any atom is 0.321 e. The summed E-state index contributed by atoms with van der Waals surface area (Å²) in [5.41, 5.74) is 5.39. The number of nitrogens with zero attached hydrogens (tertiary/aromatic N) is 1. The van der Waals surface area contributed by atoms with Crippen molar-refractivity contribution in [2.75, 3.05) is 12.4 Å². The van der Waals surface area contributed by atoms with Gasteiger partial charge in [0.15, 0.2) is 5.13 Å². The molecule has 1 heterocycles. The minimum atomic E-state index is -0.276. The number of ether oxygens (including phenoxy) is 1. The molecule has 0 atom stereocenters. The molecule has 2 N–H and O–H groups in total. The lowest BCUT2D eigenvalue weighted by Gasteiger charge is -2.06. The van der Waals surface area contributed by atoms with Crippen molar-refractivity contribution in [1.29, 1.82) is 0 Å². The molecule has 3 aromatic rings. The van der Waals surface area contributed by atoms with Crippen LogP contribution in [0, 0.1) is 13.8 Å². The van der Waals surface area contributed by atoms with Crippen LogP contribution < -0.4 is 15.4 Å². The Morgan fingerprint density at radius 1 is 1.12 bits per heavy atom. The Labute approximate surface area is 157 Å². The number of thiazole rings is 1. The van der Waals surface area contributed by atoms with E-state index in [1.54, 1.807) is 7.11 Å². The van der Waals surface area contributed by atoms with E-state index in [0.29, 0.717) is 11.7 Å². The van der Waals surface area contributed by atoms with Gasteiger partial charge in [0.25, 0.3) is 0 Å². The van der Waals surface area contributed by atoms with Crippen LogP contribution in [0.4, 0.5) is 9.93 Å². The number of carbonyl (C=O) groups excluding carboxylic acids is 1. The molecule has 0 spiro atoms. The average molecular weight is 367 g/mol. The molecule has 3 rings (SSSR count). The number of urea groups is 1. The Bertz CT molecular complexity index is 904. The third kappa shape index (κ3) is 4.40. The lowest BCUT2D eigenvalue weighted by molar-refractivity contribution is 0.251. The summed E-state index contributed by atoms with van der Waals surface area (Å²) >= 11 is 1.41. The molecule has 0 aliphatic carbocycles. The highest BCUT2D eigenvalue weighted by Gasteiger charge is 2.08. The minimum Gasteiger partial charge on any atom is -0.497 e. The van der Waals surface area contributed by atoms with Crippen molar-refractivity contribution in [1.82, 2.24) is 10.3 Å². The van der Waals surface area contributed by atoms with Crippen molar-refractivity contribution in [2.45, 2.75) is 20.4 Å². The fourth-order valence-corrected chi connectivity index (χ4v) is 3.15. The first-order valence-corrected chi connectivity index (χ1v) is 9.14. The highest BCUT2D eigenvalue weighted by Crippen LogP contribution is 2.26. The molecule has 0 bridgehead atoms. The van der Waals surface area contributed by atoms with Crippen LogP contribution in [-0.4, -0.2) is 18.1 Å². The van der Waals surface area contributed by atoms with Crippen molar-refractivity contribution < 1.29 is 9.53 Å². The van der Waals surface area contributed by atoms with Crippen molar-refractivity contribution in [3.05, 3.63) is 64.5 Å². The van der Waals surface area contributed by atoms with Gasteiger partial charge in [-0.15, -0.1) is 11.3 Å². The van der Waals surface area contributed by atoms with E-state index in [1.807, 2.05) is 35.7 Å². The van der Waals surface area contributed by atoms with Crippen molar-refractivity contribution >= 4 is 22.5 Å². The number of aromatic nitrogens is 1. The van der Waals surface area contributed by atoms with Gasteiger partial charge in [-0.3, -0.25) is 5.32 Å². The summed E-state index contributed by atoms with van der Waals surface area (Å²) in [7, 11) is 1.63. The van der Waals surface area contributed by atoms with E-state index in [4.69, 9.17) is 4.74 Å². The number of anilines is 1. The average Bonchev–Trinajstić information content (AvgIpc) is 3.11. The number of methoxy groups -OCH3 is 1. The van der Waals surface area contributed by atoms with Gasteiger partial charge >= 0.3 is 6.03 Å². The summed E-state index contributed by atoms with van der Waals surface area (Å²) in [4.78, 5) is 16.6. The predicted octanol–water partition coefficient (Wildman–Crippen LogP) is 4.76. The lowest BCUT2D eigenvalue weighted by Crippen LogP contribution is -2.28. The van der Waals surface area contributed by atoms with Crippen LogP contribution in [0.5, 0.6) is 5.75 Å². The highest BCUT2D eigenvalue weighted by atomic mass is 32.1. The Kier molecular flexibility index (Phi) is 5.53. The summed E-state index contributed by atoms with van der Waals surface area (Å²) in [6, 6.07) is 13.5. The molecule has 0 unspecified atom stereocenters. The van der Waals surface area contributed by atoms with Gasteiger partial charge in [0.2, 0.25) is 0 Å². The normalized spacial score (nSPS) is 10.4. The fourth-order valence-electron chi connectivity index (χ4n) is 2.43. The predicted molar refractivity (Wildman–Crippen MR) is 106 cm³/mol. The Balaban J connectivity index is 1.57. The minimum absolute atomic E-state index is 0.276. The quantitative estimate of drug-likeness (QED) is 0.683. The molecular formula is C20H21N3O2S. The second kappa shape index (κ2) is 8.01. The van der Waals surface area contributed by atoms with E-state index in [-0.39, 0.29) is 6.03 Å². The van der Waals surface area contributed by atoms with Crippen molar-refractivity contribution in [2.24, 2.45) is 0 Å². The Hall–Kier alpha value is -2.86. The number of aryl methyl sites for hydroxylation is 2. The molecule has 2 amide bonds. The van der Waals surface area contributed by atoms with Crippen LogP contribution in [0.15, 0.2) is 47.8 Å². The van der Waals surface area contributed by atoms with E-state index in [9.17, 15) is 4.79 Å². The Morgan fingerprint density at radius 3 is 2.58 bits per heavy atom. The molecule has 0 radical (unpaired) electrons. The Morgan fingerprint density at radius 2 is 1.88 bits per heavy atom. The zero-order valence-corrected chi connectivity index (χ0v) is 15.8. The molecule has 6 heteroatoms. The van der Waals surface area contributed by atoms with E-state index in [1.165, 1.54) is 22.5 Å². The lowest BCUT2D eigenvalue weighted by atomic mass is 10.1. The van der Waals surface area contributed by atoms with Gasteiger partial charge in [-0.1, -0.05) is 24.3 Å². The number of carbonyl (C=O) groups is 1. The number of nitrogens with one attached hydrogen (secondary N) is 2. The third-order valence-electron chi connectivity index (χ3n) is 4.14. The highest BCUT2D eigenvalue weighted by molar-refractivity contribution is 7.14. The zero-order valence-electron chi connectivity index (χ0n) is 15.0. The largest absolute Gasteiger partial charge is 0.497 e. The maximum absolute atomic E-state index is 12.1. The number of rotatable bonds is 5. The maximum atomic E-state index is 12.1. The molecule has 5 nitrogen and oxygen atoms in total. The molecule has 0 saturated heterocycles. The van der Waals surface area contributed by atoms with E-state index >= 15 is 0 Å². The monoisotopic (exact) mass is 367 g/mol. The molecule has 134 valence electrons. The smallest absolute Gasteiger partial charge is 0.321 e. The van der Waals surface area contributed by atoms with Gasteiger partial charge in [-0.05, 0) is 48.7 Å². The van der Waals surface area contributed by atoms with Gasteiger partial charge in [0.1, 0.15) is 5.75 Å². The number of benzene rings is 2. The van der Waals surface area contributed by atoms with Crippen molar-refractivity contribution in [3.63, 3.8) is 0 Å². The van der Waals surface area contributed by atoms with E-state index < -0.39 is 0 Å². The van der Waals surface area contributed by atoms with Crippen LogP contribution in [0.3, 0.4) is 0 Å². The van der Waals surface area contributed by atoms with Crippen molar-refractivity contribution in [3.8, 4) is 17.0 Å². The van der Waals surface area contributed by atoms with Gasteiger partial charge < -0.3 is 10.1 Å². The first-order chi connectivity index (χ1) is 12.5. The topological polar surface area (TPSA) is 63.2 Å². The van der Waals surface area contributed by atoms with Gasteiger partial charge in [0.05, 0.1) is 12.8 Å². The summed E-state index contributed by atoms with van der Waals surface area (Å²) in [6.07, 6.45) is 0. The molecular weight excluding hydrogens is 346 g/mol. The van der Waals surface area contributed by atoms with E-state index in [2.05, 4.69) is 41.6 Å². The number of hydrogen-bond acceptors (Lipinski definition) is 4. The number of hydrogen-bond donors (Lipinski definition) is 2.